The summed E-state index contributed by atoms with van der Waals surface area (Å²) in [6.45, 7) is -0.162. The lowest BCUT2D eigenvalue weighted by molar-refractivity contribution is -0.181. The average Bonchev–Trinajstić information content (AvgIpc) is 2.89. The summed E-state index contributed by atoms with van der Waals surface area (Å²) in [5, 5.41) is 11.5. The zero-order valence-electron chi connectivity index (χ0n) is 18.4. The van der Waals surface area contributed by atoms with Crippen molar-refractivity contribution in [3.63, 3.8) is 0 Å². The molecule has 1 unspecified atom stereocenters. The van der Waals surface area contributed by atoms with Gasteiger partial charge in [0.2, 0.25) is 5.78 Å². The molecular formula is C28H24O5S. The predicted octanol–water partition coefficient (Wildman–Crippen LogP) is 4.91. The molecule has 1 atom stereocenters. The maximum absolute atomic E-state index is 13.3. The van der Waals surface area contributed by atoms with Crippen LogP contribution in [0.4, 0.5) is 0 Å². The monoisotopic (exact) mass is 472 g/mol. The number of aliphatic hydroxyl groups is 1. The molecule has 0 amide bonds. The fourth-order valence-electron chi connectivity index (χ4n) is 3.67. The summed E-state index contributed by atoms with van der Waals surface area (Å²) in [5.41, 5.74) is 1.69. The number of ketones is 1. The Morgan fingerprint density at radius 2 is 1.21 bits per heavy atom. The molecule has 0 aromatic heterocycles. The van der Waals surface area contributed by atoms with Gasteiger partial charge in [0.15, 0.2) is 9.84 Å². The van der Waals surface area contributed by atoms with Gasteiger partial charge in [-0.2, -0.15) is 0 Å². The maximum Gasteiger partial charge on any atom is 0.259 e. The quantitative estimate of drug-likeness (QED) is 0.277. The van der Waals surface area contributed by atoms with E-state index in [4.69, 9.17) is 4.74 Å². The van der Waals surface area contributed by atoms with Crippen molar-refractivity contribution in [2.24, 2.45) is 0 Å². The van der Waals surface area contributed by atoms with Crippen LogP contribution in [-0.2, 0) is 32.7 Å². The Balaban J connectivity index is 1.64. The van der Waals surface area contributed by atoms with Crippen LogP contribution >= 0.6 is 0 Å². The summed E-state index contributed by atoms with van der Waals surface area (Å²) < 4.78 is 31.7. The Bertz CT molecular complexity index is 1350. The summed E-state index contributed by atoms with van der Waals surface area (Å²) in [7, 11) is -3.59. The van der Waals surface area contributed by atoms with Crippen molar-refractivity contribution in [2.75, 3.05) is 0 Å². The number of Topliss-reactive ketones (excluding diaryl/α,β-unsaturated/α-hetero) is 1. The maximum atomic E-state index is 13.3. The number of carbonyl (C=O) groups excluding carboxylic acids is 1. The van der Waals surface area contributed by atoms with Crippen LogP contribution in [0.25, 0.3) is 0 Å². The highest BCUT2D eigenvalue weighted by atomic mass is 32.2. The molecular weight excluding hydrogens is 448 g/mol. The van der Waals surface area contributed by atoms with Crippen LogP contribution < -0.4 is 0 Å². The number of hydrogen-bond acceptors (Lipinski definition) is 5. The van der Waals surface area contributed by atoms with Gasteiger partial charge in [-0.1, -0.05) is 103 Å². The number of hydrogen-bond donors (Lipinski definition) is 1. The van der Waals surface area contributed by atoms with Crippen LogP contribution in [0.2, 0.25) is 0 Å². The zero-order valence-corrected chi connectivity index (χ0v) is 19.2. The molecule has 0 aliphatic heterocycles. The van der Waals surface area contributed by atoms with Gasteiger partial charge in [-0.05, 0) is 23.3 Å². The van der Waals surface area contributed by atoms with E-state index in [1.807, 2.05) is 0 Å². The number of ether oxygens (including phenoxy) is 1. The van der Waals surface area contributed by atoms with Crippen molar-refractivity contribution in [3.05, 3.63) is 138 Å². The van der Waals surface area contributed by atoms with Gasteiger partial charge in [-0.25, -0.2) is 8.42 Å². The highest BCUT2D eigenvalue weighted by Gasteiger charge is 2.40. The molecule has 0 aliphatic carbocycles. The third kappa shape index (κ3) is 5.15. The first-order valence-electron chi connectivity index (χ1n) is 10.8. The molecule has 0 radical (unpaired) electrons. The molecule has 0 spiro atoms. The number of benzene rings is 4. The van der Waals surface area contributed by atoms with Crippen LogP contribution in [0.15, 0.2) is 120 Å². The molecule has 0 bridgehead atoms. The summed E-state index contributed by atoms with van der Waals surface area (Å²) >= 11 is 0. The fourth-order valence-corrected chi connectivity index (χ4v) is 5.10. The molecule has 0 saturated heterocycles. The van der Waals surface area contributed by atoms with Crippen molar-refractivity contribution in [1.82, 2.24) is 0 Å². The second kappa shape index (κ2) is 10.1. The van der Waals surface area contributed by atoms with Crippen molar-refractivity contribution < 1.29 is 23.1 Å². The molecule has 1 N–H and O–H groups in total. The van der Waals surface area contributed by atoms with Crippen molar-refractivity contribution in [2.45, 2.75) is 23.0 Å². The van der Waals surface area contributed by atoms with Gasteiger partial charge in [0.05, 0.1) is 17.3 Å². The van der Waals surface area contributed by atoms with Crippen LogP contribution in [-0.4, -0.2) is 19.3 Å². The smallest absolute Gasteiger partial charge is 0.259 e. The minimum absolute atomic E-state index is 0.162. The summed E-state index contributed by atoms with van der Waals surface area (Å²) in [6, 6.07) is 32.0. The first-order valence-corrected chi connectivity index (χ1v) is 12.4. The summed E-state index contributed by atoms with van der Waals surface area (Å²) in [5.74, 6) is -3.07. The standard InChI is InChI=1S/C28H24O5S/c29-27(22-12-4-1-5-13-22)28(30,25-16-6-2-7-17-25)33-20-23-14-10-11-15-24(23)21-34(31,32)26-18-8-3-9-19-26/h1-19,30H,20-21H2. The molecule has 5 nitrogen and oxygen atoms in total. The largest absolute Gasteiger partial charge is 0.356 e. The first kappa shape index (κ1) is 23.6. The van der Waals surface area contributed by atoms with E-state index in [1.54, 1.807) is 115 Å². The zero-order chi connectivity index (χ0) is 24.0. The molecule has 4 aromatic rings. The first-order chi connectivity index (χ1) is 16.4. The van der Waals surface area contributed by atoms with E-state index < -0.39 is 21.4 Å². The second-order valence-electron chi connectivity index (χ2n) is 7.83. The van der Waals surface area contributed by atoms with Crippen molar-refractivity contribution in [1.29, 1.82) is 0 Å². The topological polar surface area (TPSA) is 80.7 Å². The SMILES string of the molecule is O=C(c1ccccc1)C(O)(OCc1ccccc1CS(=O)(=O)c1ccccc1)c1ccccc1. The highest BCUT2D eigenvalue weighted by Crippen LogP contribution is 2.30. The van der Waals surface area contributed by atoms with E-state index in [0.29, 0.717) is 22.3 Å². The Kier molecular flexibility index (Phi) is 7.03. The van der Waals surface area contributed by atoms with Crippen LogP contribution in [0.5, 0.6) is 0 Å². The third-order valence-corrected chi connectivity index (χ3v) is 7.19. The van der Waals surface area contributed by atoms with Gasteiger partial charge in [-0.3, -0.25) is 4.79 Å². The van der Waals surface area contributed by atoms with Gasteiger partial charge < -0.3 is 9.84 Å². The molecule has 34 heavy (non-hydrogen) atoms. The summed E-state index contributed by atoms with van der Waals surface area (Å²) in [4.78, 5) is 13.5. The minimum Gasteiger partial charge on any atom is -0.356 e. The Labute approximate surface area is 199 Å². The van der Waals surface area contributed by atoms with E-state index in [-0.39, 0.29) is 17.3 Å². The van der Waals surface area contributed by atoms with Crippen LogP contribution in [0.3, 0.4) is 0 Å². The normalized spacial score (nSPS) is 13.2. The van der Waals surface area contributed by atoms with Gasteiger partial charge in [0.1, 0.15) is 0 Å². The molecule has 6 heteroatoms. The number of carbonyl (C=O) groups is 1. The van der Waals surface area contributed by atoms with Crippen molar-refractivity contribution >= 4 is 15.6 Å². The molecule has 4 rings (SSSR count). The fraction of sp³-hybridized carbons (Fsp3) is 0.107. The lowest BCUT2D eigenvalue weighted by Gasteiger charge is -2.28. The van der Waals surface area contributed by atoms with Gasteiger partial charge >= 0.3 is 0 Å². The highest BCUT2D eigenvalue weighted by molar-refractivity contribution is 7.90. The Morgan fingerprint density at radius 3 is 1.82 bits per heavy atom. The van der Waals surface area contributed by atoms with Gasteiger partial charge in [0.25, 0.3) is 5.79 Å². The molecule has 0 aliphatic rings. The predicted molar refractivity (Wildman–Crippen MR) is 130 cm³/mol. The molecule has 0 fully saturated rings. The number of sulfone groups is 1. The van der Waals surface area contributed by atoms with Crippen LogP contribution in [0.1, 0.15) is 27.0 Å². The van der Waals surface area contributed by atoms with E-state index >= 15 is 0 Å². The summed E-state index contributed by atoms with van der Waals surface area (Å²) in [6.07, 6.45) is 0. The lowest BCUT2D eigenvalue weighted by atomic mass is 9.96. The molecule has 4 aromatic carbocycles. The Morgan fingerprint density at radius 1 is 0.706 bits per heavy atom. The van der Waals surface area contributed by atoms with E-state index in [9.17, 15) is 18.3 Å². The van der Waals surface area contributed by atoms with E-state index in [0.717, 1.165) is 0 Å². The minimum atomic E-state index is -3.59. The van der Waals surface area contributed by atoms with Gasteiger partial charge in [-0.15, -0.1) is 0 Å². The van der Waals surface area contributed by atoms with Crippen LogP contribution in [0, 0.1) is 0 Å². The second-order valence-corrected chi connectivity index (χ2v) is 9.82. The van der Waals surface area contributed by atoms with Gasteiger partial charge in [0, 0.05) is 11.1 Å². The lowest BCUT2D eigenvalue weighted by Crippen LogP contribution is -2.38. The molecule has 172 valence electrons. The van der Waals surface area contributed by atoms with E-state index in [2.05, 4.69) is 0 Å². The number of rotatable bonds is 9. The molecule has 0 heterocycles. The third-order valence-electron chi connectivity index (χ3n) is 5.51. The van der Waals surface area contributed by atoms with Crippen molar-refractivity contribution in [3.8, 4) is 0 Å². The van der Waals surface area contributed by atoms with E-state index in [1.165, 1.54) is 0 Å². The molecule has 0 saturated carbocycles. The average molecular weight is 473 g/mol. The Hall–Kier alpha value is -3.58.